The van der Waals surface area contributed by atoms with Crippen LogP contribution in [0.2, 0.25) is 0 Å². The zero-order valence-electron chi connectivity index (χ0n) is 18.2. The second kappa shape index (κ2) is 9.27. The molecular weight excluding hydrogens is 378 g/mol. The molecule has 1 saturated heterocycles. The predicted octanol–water partition coefficient (Wildman–Crippen LogP) is 2.82. The van der Waals surface area contributed by atoms with E-state index in [0.717, 1.165) is 6.42 Å². The number of amides is 1. The molecule has 1 fully saturated rings. The lowest BCUT2D eigenvalue weighted by Crippen LogP contribution is -2.39. The van der Waals surface area contributed by atoms with Crippen LogP contribution in [0.3, 0.4) is 0 Å². The number of carbonyl (C=O) groups is 2. The maximum absolute atomic E-state index is 13.0. The Balaban J connectivity index is 1.87. The Kier molecular flexibility index (Phi) is 6.94. The van der Waals surface area contributed by atoms with Crippen molar-refractivity contribution in [3.63, 3.8) is 0 Å². The van der Waals surface area contributed by atoms with Gasteiger partial charge < -0.3 is 15.5 Å². The molecule has 1 aliphatic carbocycles. The Morgan fingerprint density at radius 3 is 2.40 bits per heavy atom. The first-order valence-electron chi connectivity index (χ1n) is 10.9. The number of allylic oxidation sites excluding steroid dienone is 3. The normalized spacial score (nSPS) is 29.7. The van der Waals surface area contributed by atoms with Crippen molar-refractivity contribution in [1.29, 1.82) is 0 Å². The van der Waals surface area contributed by atoms with Crippen molar-refractivity contribution in [2.45, 2.75) is 58.8 Å². The van der Waals surface area contributed by atoms with Crippen LogP contribution in [-0.2, 0) is 16.0 Å². The second-order valence-electron chi connectivity index (χ2n) is 8.98. The molecule has 1 heterocycles. The number of rotatable bonds is 7. The van der Waals surface area contributed by atoms with Crippen molar-refractivity contribution >= 4 is 11.7 Å². The van der Waals surface area contributed by atoms with E-state index in [2.05, 4.69) is 24.4 Å². The van der Waals surface area contributed by atoms with E-state index in [0.29, 0.717) is 17.6 Å². The van der Waals surface area contributed by atoms with Gasteiger partial charge in [0.1, 0.15) is 0 Å². The zero-order valence-corrected chi connectivity index (χ0v) is 18.2. The third-order valence-corrected chi connectivity index (χ3v) is 6.82. The summed E-state index contributed by atoms with van der Waals surface area (Å²) in [5.74, 6) is -0.390. The molecule has 3 N–H and O–H groups in total. The van der Waals surface area contributed by atoms with Gasteiger partial charge in [-0.2, -0.15) is 0 Å². The van der Waals surface area contributed by atoms with Crippen molar-refractivity contribution in [3.05, 3.63) is 59.2 Å². The van der Waals surface area contributed by atoms with Gasteiger partial charge in [0.2, 0.25) is 5.91 Å². The van der Waals surface area contributed by atoms with Gasteiger partial charge in [-0.25, -0.2) is 0 Å². The topological polar surface area (TPSA) is 86.6 Å². The zero-order chi connectivity index (χ0) is 22.0. The third kappa shape index (κ3) is 4.42. The lowest BCUT2D eigenvalue weighted by Gasteiger charge is -2.34. The molecule has 2 aliphatic rings. The Morgan fingerprint density at radius 1 is 1.10 bits per heavy atom. The Bertz CT molecular complexity index is 842. The van der Waals surface area contributed by atoms with Crippen LogP contribution in [0.1, 0.15) is 39.7 Å². The molecule has 0 saturated carbocycles. The van der Waals surface area contributed by atoms with Crippen molar-refractivity contribution in [2.75, 3.05) is 0 Å². The summed E-state index contributed by atoms with van der Waals surface area (Å²) >= 11 is 0. The number of hydrogen-bond donors (Lipinski definition) is 3. The summed E-state index contributed by atoms with van der Waals surface area (Å²) in [7, 11) is 0. The van der Waals surface area contributed by atoms with Gasteiger partial charge in [-0.15, -0.1) is 0 Å². The molecular formula is C25H33NO4. The number of aliphatic hydroxyl groups excluding tert-OH is 2. The number of Topliss-reactive ketones (excluding diaryl/α,β-unsaturated/α-hetero) is 1. The van der Waals surface area contributed by atoms with Gasteiger partial charge in [-0.3, -0.25) is 9.59 Å². The molecule has 0 bridgehead atoms. The van der Waals surface area contributed by atoms with E-state index in [1.54, 1.807) is 13.0 Å². The Morgan fingerprint density at radius 2 is 1.77 bits per heavy atom. The first kappa shape index (κ1) is 22.4. The molecule has 1 aliphatic heterocycles. The summed E-state index contributed by atoms with van der Waals surface area (Å²) in [6, 6.07) is 10.1. The van der Waals surface area contributed by atoms with Crippen LogP contribution in [0.25, 0.3) is 0 Å². The average molecular weight is 412 g/mol. The van der Waals surface area contributed by atoms with E-state index in [1.165, 1.54) is 5.56 Å². The molecule has 0 radical (unpaired) electrons. The number of benzene rings is 1. The highest BCUT2D eigenvalue weighted by Crippen LogP contribution is 2.43. The molecule has 162 valence electrons. The van der Waals surface area contributed by atoms with Crippen molar-refractivity contribution in [3.8, 4) is 0 Å². The van der Waals surface area contributed by atoms with Crippen LogP contribution in [0.4, 0.5) is 0 Å². The maximum atomic E-state index is 13.0. The molecule has 1 aromatic carbocycles. The van der Waals surface area contributed by atoms with Crippen LogP contribution in [0.15, 0.2) is 53.6 Å². The fourth-order valence-electron chi connectivity index (χ4n) is 4.78. The maximum Gasteiger partial charge on any atom is 0.248 e. The van der Waals surface area contributed by atoms with E-state index < -0.39 is 12.2 Å². The molecule has 1 aromatic rings. The molecule has 5 heteroatoms. The number of hydrogen-bond acceptors (Lipinski definition) is 4. The van der Waals surface area contributed by atoms with E-state index in [-0.39, 0.29) is 41.4 Å². The number of nitrogens with one attached hydrogen (secondary N) is 1. The van der Waals surface area contributed by atoms with Gasteiger partial charge in [-0.1, -0.05) is 63.3 Å². The summed E-state index contributed by atoms with van der Waals surface area (Å²) in [5.41, 5.74) is 2.27. The first-order chi connectivity index (χ1) is 14.2. The van der Waals surface area contributed by atoms with E-state index in [1.807, 2.05) is 38.1 Å². The Labute approximate surface area is 178 Å². The number of aliphatic hydroxyl groups is 2. The van der Waals surface area contributed by atoms with E-state index in [4.69, 9.17) is 0 Å². The van der Waals surface area contributed by atoms with Gasteiger partial charge in [-0.05, 0) is 37.2 Å². The summed E-state index contributed by atoms with van der Waals surface area (Å²) in [6.45, 7) is 7.42. The summed E-state index contributed by atoms with van der Waals surface area (Å²) < 4.78 is 0. The van der Waals surface area contributed by atoms with E-state index >= 15 is 0 Å². The first-order valence-corrected chi connectivity index (χ1v) is 10.9. The van der Waals surface area contributed by atoms with Crippen molar-refractivity contribution in [2.24, 2.45) is 23.7 Å². The molecule has 1 amide bonds. The molecule has 7 unspecified atom stereocenters. The molecule has 3 rings (SSSR count). The van der Waals surface area contributed by atoms with Gasteiger partial charge in [0.15, 0.2) is 5.78 Å². The lowest BCUT2D eigenvalue weighted by atomic mass is 9.68. The van der Waals surface area contributed by atoms with Gasteiger partial charge in [0, 0.05) is 29.0 Å². The quantitative estimate of drug-likeness (QED) is 0.644. The fourth-order valence-corrected chi connectivity index (χ4v) is 4.78. The third-order valence-electron chi connectivity index (χ3n) is 6.82. The number of fused-ring (bicyclic) bond motifs is 1. The van der Waals surface area contributed by atoms with Crippen LogP contribution >= 0.6 is 0 Å². The largest absolute Gasteiger partial charge is 0.391 e. The van der Waals surface area contributed by atoms with Crippen molar-refractivity contribution < 1.29 is 19.8 Å². The minimum atomic E-state index is -0.828. The van der Waals surface area contributed by atoms with Gasteiger partial charge >= 0.3 is 0 Å². The number of carbonyl (C=O) groups excluding carboxylic acids is 2. The predicted molar refractivity (Wildman–Crippen MR) is 117 cm³/mol. The molecule has 5 nitrogen and oxygen atoms in total. The average Bonchev–Trinajstić information content (AvgIpc) is 3.04. The minimum Gasteiger partial charge on any atom is -0.391 e. The number of ketones is 1. The van der Waals surface area contributed by atoms with Gasteiger partial charge in [0.25, 0.3) is 0 Å². The monoisotopic (exact) mass is 411 g/mol. The lowest BCUT2D eigenvalue weighted by molar-refractivity contribution is -0.122. The highest BCUT2D eigenvalue weighted by molar-refractivity contribution is 6.11. The Hall–Kier alpha value is -2.24. The van der Waals surface area contributed by atoms with Crippen LogP contribution in [0, 0.1) is 23.7 Å². The molecule has 7 atom stereocenters. The molecule has 30 heavy (non-hydrogen) atoms. The van der Waals surface area contributed by atoms with E-state index in [9.17, 15) is 19.8 Å². The summed E-state index contributed by atoms with van der Waals surface area (Å²) in [6.07, 6.45) is 3.21. The SMILES string of the molecule is CC(O)C(O)C(C)CC=CC1=C2C(=O)NC(Cc3ccccc3)C2C(C)C(C)C1=O. The van der Waals surface area contributed by atoms with Gasteiger partial charge in [0.05, 0.1) is 12.2 Å². The highest BCUT2D eigenvalue weighted by atomic mass is 16.3. The van der Waals surface area contributed by atoms with Crippen LogP contribution in [0.5, 0.6) is 0 Å². The summed E-state index contributed by atoms with van der Waals surface area (Å²) in [4.78, 5) is 25.9. The highest BCUT2D eigenvalue weighted by Gasteiger charge is 2.48. The second-order valence-corrected chi connectivity index (χ2v) is 8.98. The minimum absolute atomic E-state index is 0.00392. The summed E-state index contributed by atoms with van der Waals surface area (Å²) in [5, 5.41) is 22.7. The van der Waals surface area contributed by atoms with Crippen molar-refractivity contribution in [1.82, 2.24) is 5.32 Å². The van der Waals surface area contributed by atoms with Crippen LogP contribution < -0.4 is 5.32 Å². The standard InChI is InChI=1S/C25H33NO4/c1-14(23(28)17(4)27)9-8-12-19-22-21(15(2)16(3)24(19)29)20(26-25(22)30)13-18-10-6-5-7-11-18/h5-8,10-12,14-17,20-21,23,27-28H,9,13H2,1-4H3,(H,26,30). The molecule has 0 spiro atoms. The smallest absolute Gasteiger partial charge is 0.248 e. The van der Waals surface area contributed by atoms with Crippen LogP contribution in [-0.4, -0.2) is 40.2 Å². The fraction of sp³-hybridized carbons (Fsp3) is 0.520. The molecule has 0 aromatic heterocycles.